The molecule has 0 bridgehead atoms. The molecule has 1 rings (SSSR count). The number of carbonyl (C=O) groups excluding carboxylic acids is 1. The molecule has 0 saturated heterocycles. The number of aliphatic hydroxyl groups is 1. The zero-order valence-corrected chi connectivity index (χ0v) is 12.2. The molecule has 0 radical (unpaired) electrons. The van der Waals surface area contributed by atoms with Crippen LogP contribution in [0.3, 0.4) is 0 Å². The quantitative estimate of drug-likeness (QED) is 0.736. The lowest BCUT2D eigenvalue weighted by Gasteiger charge is -2.23. The van der Waals surface area contributed by atoms with Gasteiger partial charge in [0.2, 0.25) is 0 Å². The summed E-state index contributed by atoms with van der Waals surface area (Å²) in [6.45, 7) is 2.87. The van der Waals surface area contributed by atoms with Gasteiger partial charge in [-0.3, -0.25) is 4.79 Å². The number of ether oxygens (including phenoxy) is 1. The molecule has 0 spiro atoms. The van der Waals surface area contributed by atoms with Crippen LogP contribution in [-0.4, -0.2) is 55.7 Å². The van der Waals surface area contributed by atoms with Gasteiger partial charge in [-0.05, 0) is 19.2 Å². The first-order chi connectivity index (χ1) is 9.45. The van der Waals surface area contributed by atoms with E-state index < -0.39 is 11.9 Å². The lowest BCUT2D eigenvalue weighted by Crippen LogP contribution is -2.36. The van der Waals surface area contributed by atoms with Gasteiger partial charge in [-0.2, -0.15) is 0 Å². The van der Waals surface area contributed by atoms with Crippen LogP contribution in [0.5, 0.6) is 0 Å². The zero-order chi connectivity index (χ0) is 15.1. The maximum Gasteiger partial charge on any atom is 0.169 e. The maximum absolute atomic E-state index is 13.6. The number of ketones is 1. The number of likely N-dealkylation sites (N-methyl/N-ethyl adjacent to an activating group) is 1. The third-order valence-electron chi connectivity index (χ3n) is 3.05. The van der Waals surface area contributed by atoms with E-state index >= 15 is 0 Å². The Hall–Kier alpha value is -1.30. The number of carbonyl (C=O) groups is 1. The summed E-state index contributed by atoms with van der Waals surface area (Å²) in [5.74, 6) is -1.06. The minimum atomic E-state index is -0.597. The van der Waals surface area contributed by atoms with Crippen LogP contribution in [0.25, 0.3) is 0 Å². The van der Waals surface area contributed by atoms with Crippen LogP contribution in [0.4, 0.5) is 4.39 Å². The summed E-state index contributed by atoms with van der Waals surface area (Å²) in [5, 5.41) is 9.62. The van der Waals surface area contributed by atoms with E-state index in [0.717, 1.165) is 0 Å². The zero-order valence-electron chi connectivity index (χ0n) is 12.2. The lowest BCUT2D eigenvalue weighted by molar-refractivity contribution is 0.0403. The van der Waals surface area contributed by atoms with Gasteiger partial charge in [0.15, 0.2) is 5.78 Å². The Morgan fingerprint density at radius 3 is 2.65 bits per heavy atom. The minimum absolute atomic E-state index is 0.117. The molecule has 20 heavy (non-hydrogen) atoms. The fraction of sp³-hybridized carbons (Fsp3) is 0.533. The van der Waals surface area contributed by atoms with Crippen molar-refractivity contribution in [1.29, 1.82) is 0 Å². The van der Waals surface area contributed by atoms with Crippen molar-refractivity contribution < 1.29 is 19.0 Å². The number of rotatable bonds is 8. The number of halogens is 1. The van der Waals surface area contributed by atoms with Crippen LogP contribution in [0.15, 0.2) is 24.3 Å². The Kier molecular flexibility index (Phi) is 6.78. The number of nitrogens with zero attached hydrogens (tertiary/aromatic N) is 1. The first-order valence-corrected chi connectivity index (χ1v) is 6.60. The molecule has 0 heterocycles. The summed E-state index contributed by atoms with van der Waals surface area (Å²) in [7, 11) is 3.33. The molecule has 2 atom stereocenters. The number of hydrogen-bond donors (Lipinski definition) is 1. The molecule has 0 fully saturated rings. The Morgan fingerprint density at radius 2 is 2.05 bits per heavy atom. The van der Waals surface area contributed by atoms with Gasteiger partial charge in [0.05, 0.1) is 18.3 Å². The molecule has 0 amide bonds. The van der Waals surface area contributed by atoms with Crippen LogP contribution >= 0.6 is 0 Å². The molecule has 5 heteroatoms. The molecule has 0 aliphatic heterocycles. The summed E-state index contributed by atoms with van der Waals surface area (Å²) in [5.41, 5.74) is 0.117. The van der Waals surface area contributed by atoms with E-state index in [1.165, 1.54) is 19.2 Å². The van der Waals surface area contributed by atoms with Crippen LogP contribution < -0.4 is 0 Å². The molecule has 0 aliphatic rings. The highest BCUT2D eigenvalue weighted by Gasteiger charge is 2.20. The summed E-state index contributed by atoms with van der Waals surface area (Å²) in [6.07, 6.45) is -0.597. The molecule has 1 aromatic carbocycles. The summed E-state index contributed by atoms with van der Waals surface area (Å²) < 4.78 is 18.4. The van der Waals surface area contributed by atoms with Gasteiger partial charge in [-0.15, -0.1) is 0 Å². The van der Waals surface area contributed by atoms with E-state index in [1.807, 2.05) is 11.9 Å². The highest BCUT2D eigenvalue weighted by atomic mass is 19.1. The van der Waals surface area contributed by atoms with Gasteiger partial charge in [-0.1, -0.05) is 19.1 Å². The highest BCUT2D eigenvalue weighted by Crippen LogP contribution is 2.13. The Labute approximate surface area is 119 Å². The van der Waals surface area contributed by atoms with Crippen molar-refractivity contribution in [3.8, 4) is 0 Å². The standard InChI is InChI=1S/C15H22FNO3/c1-11(8-17(2)9-12(18)10-20-3)15(19)13-6-4-5-7-14(13)16/h4-7,11-12,18H,8-10H2,1-3H3. The summed E-state index contributed by atoms with van der Waals surface area (Å²) >= 11 is 0. The second-order valence-electron chi connectivity index (χ2n) is 5.08. The van der Waals surface area contributed by atoms with Gasteiger partial charge >= 0.3 is 0 Å². The van der Waals surface area contributed by atoms with E-state index in [9.17, 15) is 14.3 Å². The predicted molar refractivity (Wildman–Crippen MR) is 75.3 cm³/mol. The molecule has 0 saturated carbocycles. The van der Waals surface area contributed by atoms with Crippen molar-refractivity contribution in [1.82, 2.24) is 4.90 Å². The molecule has 0 aliphatic carbocycles. The number of benzene rings is 1. The average Bonchev–Trinajstić information content (AvgIpc) is 2.38. The van der Waals surface area contributed by atoms with E-state index in [4.69, 9.17) is 4.74 Å². The van der Waals surface area contributed by atoms with Crippen LogP contribution in [0.2, 0.25) is 0 Å². The number of hydrogen-bond acceptors (Lipinski definition) is 4. The molecule has 2 unspecified atom stereocenters. The van der Waals surface area contributed by atoms with Crippen molar-refractivity contribution in [3.63, 3.8) is 0 Å². The second kappa shape index (κ2) is 8.09. The molecule has 1 aromatic rings. The SMILES string of the molecule is COCC(O)CN(C)CC(C)C(=O)c1ccccc1F. The fourth-order valence-corrected chi connectivity index (χ4v) is 2.16. The number of aliphatic hydroxyl groups excluding tert-OH is 1. The van der Waals surface area contributed by atoms with E-state index in [1.54, 1.807) is 19.1 Å². The second-order valence-corrected chi connectivity index (χ2v) is 5.08. The minimum Gasteiger partial charge on any atom is -0.389 e. The highest BCUT2D eigenvalue weighted by molar-refractivity contribution is 5.98. The predicted octanol–water partition coefficient (Wildman–Crippen LogP) is 1.58. The van der Waals surface area contributed by atoms with Crippen molar-refractivity contribution in [2.24, 2.45) is 5.92 Å². The third kappa shape index (κ3) is 5.00. The molecule has 1 N–H and O–H groups in total. The van der Waals surface area contributed by atoms with Gasteiger partial charge < -0.3 is 14.7 Å². The lowest BCUT2D eigenvalue weighted by atomic mass is 9.98. The monoisotopic (exact) mass is 283 g/mol. The Balaban J connectivity index is 2.56. The van der Waals surface area contributed by atoms with E-state index in [-0.39, 0.29) is 23.9 Å². The summed E-state index contributed by atoms with van der Waals surface area (Å²) in [6, 6.07) is 5.99. The van der Waals surface area contributed by atoms with Gasteiger partial charge in [-0.25, -0.2) is 4.39 Å². The molecule has 0 aromatic heterocycles. The van der Waals surface area contributed by atoms with Crippen molar-refractivity contribution in [2.45, 2.75) is 13.0 Å². The fourth-order valence-electron chi connectivity index (χ4n) is 2.16. The first kappa shape index (κ1) is 16.8. The van der Waals surface area contributed by atoms with E-state index in [0.29, 0.717) is 13.1 Å². The van der Waals surface area contributed by atoms with Crippen LogP contribution in [0.1, 0.15) is 17.3 Å². The van der Waals surface area contributed by atoms with Crippen LogP contribution in [-0.2, 0) is 4.74 Å². The van der Waals surface area contributed by atoms with E-state index in [2.05, 4.69) is 0 Å². The number of methoxy groups -OCH3 is 1. The third-order valence-corrected chi connectivity index (χ3v) is 3.05. The van der Waals surface area contributed by atoms with Crippen molar-refractivity contribution in [3.05, 3.63) is 35.6 Å². The molecular weight excluding hydrogens is 261 g/mol. The normalized spacial score (nSPS) is 14.3. The largest absolute Gasteiger partial charge is 0.389 e. The maximum atomic E-state index is 13.6. The van der Waals surface area contributed by atoms with Crippen molar-refractivity contribution >= 4 is 5.78 Å². The Morgan fingerprint density at radius 1 is 1.40 bits per heavy atom. The summed E-state index contributed by atoms with van der Waals surface area (Å²) in [4.78, 5) is 14.0. The van der Waals surface area contributed by atoms with Crippen LogP contribution in [0, 0.1) is 11.7 Å². The topological polar surface area (TPSA) is 49.8 Å². The smallest absolute Gasteiger partial charge is 0.169 e. The first-order valence-electron chi connectivity index (χ1n) is 6.60. The Bertz CT molecular complexity index is 439. The van der Waals surface area contributed by atoms with Gasteiger partial charge in [0.25, 0.3) is 0 Å². The van der Waals surface area contributed by atoms with Gasteiger partial charge in [0, 0.05) is 26.1 Å². The van der Waals surface area contributed by atoms with Crippen molar-refractivity contribution in [2.75, 3.05) is 33.9 Å². The van der Waals surface area contributed by atoms with Gasteiger partial charge in [0.1, 0.15) is 5.82 Å². The molecule has 4 nitrogen and oxygen atoms in total. The average molecular weight is 283 g/mol. The number of Topliss-reactive ketones (excluding diaryl/α,β-unsaturated/α-hetero) is 1. The molecule has 112 valence electrons. The molecular formula is C15H22FNO3.